The number of nitrogens with one attached hydrogen (secondary N) is 2. The van der Waals surface area contributed by atoms with Crippen molar-refractivity contribution in [2.45, 2.75) is 45.6 Å². The standard InChI is InChI=1S/C17H24N2O3/c1-12(2)6-4-3-5-11-22-14-9-7-13(8-10-14)15-16(20)19-17(21)18-15/h7-10,12,15H,3-6,11H2,1-2H3,(H2,18,19,20,21)/t15-/m1/s1. The molecule has 1 heterocycles. The SMILES string of the molecule is CC(C)CCCCCOc1ccc([C@H]2NC(=O)NC2=O)cc1. The van der Waals surface area contributed by atoms with Gasteiger partial charge in [-0.1, -0.05) is 45.2 Å². The zero-order valence-corrected chi connectivity index (χ0v) is 13.2. The largest absolute Gasteiger partial charge is 0.494 e. The topological polar surface area (TPSA) is 67.4 Å². The van der Waals surface area contributed by atoms with E-state index in [4.69, 9.17) is 4.74 Å². The molecule has 0 aromatic heterocycles. The Hall–Kier alpha value is -2.04. The third kappa shape index (κ3) is 4.76. The molecular weight excluding hydrogens is 280 g/mol. The monoisotopic (exact) mass is 304 g/mol. The van der Waals surface area contributed by atoms with Crippen molar-refractivity contribution in [3.63, 3.8) is 0 Å². The summed E-state index contributed by atoms with van der Waals surface area (Å²) in [6.45, 7) is 5.19. The van der Waals surface area contributed by atoms with Gasteiger partial charge in [0.15, 0.2) is 0 Å². The number of ether oxygens (including phenoxy) is 1. The average Bonchev–Trinajstić information content (AvgIpc) is 2.82. The fourth-order valence-corrected chi connectivity index (χ4v) is 2.43. The number of carbonyl (C=O) groups is 2. The summed E-state index contributed by atoms with van der Waals surface area (Å²) in [5.41, 5.74) is 0.757. The van der Waals surface area contributed by atoms with Gasteiger partial charge in [0, 0.05) is 0 Å². The van der Waals surface area contributed by atoms with E-state index in [1.807, 2.05) is 24.3 Å². The fourth-order valence-electron chi connectivity index (χ4n) is 2.43. The van der Waals surface area contributed by atoms with Crippen LogP contribution in [0.15, 0.2) is 24.3 Å². The maximum Gasteiger partial charge on any atom is 0.322 e. The number of unbranched alkanes of at least 4 members (excludes halogenated alkanes) is 2. The molecular formula is C17H24N2O3. The van der Waals surface area contributed by atoms with Crippen molar-refractivity contribution in [2.24, 2.45) is 5.92 Å². The van der Waals surface area contributed by atoms with Gasteiger partial charge in [0.2, 0.25) is 0 Å². The van der Waals surface area contributed by atoms with Crippen LogP contribution in [-0.4, -0.2) is 18.5 Å². The van der Waals surface area contributed by atoms with Gasteiger partial charge in [0.05, 0.1) is 6.61 Å². The van der Waals surface area contributed by atoms with Gasteiger partial charge in [-0.05, 0) is 30.0 Å². The van der Waals surface area contributed by atoms with Gasteiger partial charge in [0.25, 0.3) is 5.91 Å². The number of hydrogen-bond donors (Lipinski definition) is 2. The molecule has 1 fully saturated rings. The van der Waals surface area contributed by atoms with Gasteiger partial charge >= 0.3 is 6.03 Å². The first kappa shape index (κ1) is 16.3. The lowest BCUT2D eigenvalue weighted by molar-refractivity contribution is -0.120. The maximum atomic E-state index is 11.6. The van der Waals surface area contributed by atoms with Crippen molar-refractivity contribution in [3.8, 4) is 5.75 Å². The van der Waals surface area contributed by atoms with Gasteiger partial charge in [-0.3, -0.25) is 10.1 Å². The Labute approximate surface area is 131 Å². The summed E-state index contributed by atoms with van der Waals surface area (Å²) in [7, 11) is 0. The number of hydrogen-bond acceptors (Lipinski definition) is 3. The van der Waals surface area contributed by atoms with Crippen LogP contribution in [0.4, 0.5) is 4.79 Å². The number of imide groups is 1. The van der Waals surface area contributed by atoms with Crippen LogP contribution in [0.5, 0.6) is 5.75 Å². The van der Waals surface area contributed by atoms with Crippen LogP contribution in [-0.2, 0) is 4.79 Å². The molecule has 5 heteroatoms. The Morgan fingerprint density at radius 3 is 2.41 bits per heavy atom. The predicted molar refractivity (Wildman–Crippen MR) is 84.7 cm³/mol. The molecule has 0 saturated carbocycles. The molecule has 120 valence electrons. The molecule has 0 unspecified atom stereocenters. The van der Waals surface area contributed by atoms with E-state index in [0.29, 0.717) is 6.61 Å². The Bertz CT molecular complexity index is 511. The van der Waals surface area contributed by atoms with Gasteiger partial charge in [0.1, 0.15) is 11.8 Å². The normalized spacial score (nSPS) is 17.5. The Morgan fingerprint density at radius 1 is 1.09 bits per heavy atom. The predicted octanol–water partition coefficient (Wildman–Crippen LogP) is 3.16. The average molecular weight is 304 g/mol. The molecule has 1 aromatic carbocycles. The number of carbonyl (C=O) groups excluding carboxylic acids is 2. The molecule has 1 aliphatic rings. The highest BCUT2D eigenvalue weighted by Crippen LogP contribution is 2.20. The zero-order chi connectivity index (χ0) is 15.9. The molecule has 1 aliphatic heterocycles. The van der Waals surface area contributed by atoms with E-state index in [2.05, 4.69) is 24.5 Å². The van der Waals surface area contributed by atoms with Gasteiger partial charge < -0.3 is 10.1 Å². The number of benzene rings is 1. The van der Waals surface area contributed by atoms with E-state index in [9.17, 15) is 9.59 Å². The van der Waals surface area contributed by atoms with E-state index < -0.39 is 12.1 Å². The Balaban J connectivity index is 1.73. The summed E-state index contributed by atoms with van der Waals surface area (Å²) >= 11 is 0. The number of rotatable bonds is 8. The minimum absolute atomic E-state index is 0.316. The lowest BCUT2D eigenvalue weighted by atomic mass is 10.1. The van der Waals surface area contributed by atoms with E-state index in [-0.39, 0.29) is 5.91 Å². The maximum absolute atomic E-state index is 11.6. The molecule has 2 rings (SSSR count). The van der Waals surface area contributed by atoms with Crippen LogP contribution < -0.4 is 15.4 Å². The molecule has 5 nitrogen and oxygen atoms in total. The summed E-state index contributed by atoms with van der Waals surface area (Å²) < 4.78 is 5.69. The van der Waals surface area contributed by atoms with E-state index >= 15 is 0 Å². The summed E-state index contributed by atoms with van der Waals surface area (Å²) in [4.78, 5) is 22.7. The Kier molecular flexibility index (Phi) is 5.81. The first-order chi connectivity index (χ1) is 10.6. The highest BCUT2D eigenvalue weighted by Gasteiger charge is 2.30. The van der Waals surface area contributed by atoms with Gasteiger partial charge in [-0.15, -0.1) is 0 Å². The first-order valence-corrected chi connectivity index (χ1v) is 7.90. The van der Waals surface area contributed by atoms with Crippen LogP contribution in [0.25, 0.3) is 0 Å². The molecule has 0 bridgehead atoms. The molecule has 0 aliphatic carbocycles. The van der Waals surface area contributed by atoms with Crippen LogP contribution in [0.2, 0.25) is 0 Å². The smallest absolute Gasteiger partial charge is 0.322 e. The van der Waals surface area contributed by atoms with Crippen molar-refractivity contribution >= 4 is 11.9 Å². The molecule has 2 N–H and O–H groups in total. The van der Waals surface area contributed by atoms with Crippen LogP contribution in [0.3, 0.4) is 0 Å². The van der Waals surface area contributed by atoms with Crippen LogP contribution >= 0.6 is 0 Å². The van der Waals surface area contributed by atoms with E-state index in [0.717, 1.165) is 23.7 Å². The Morgan fingerprint density at radius 2 is 1.82 bits per heavy atom. The molecule has 0 radical (unpaired) electrons. The minimum atomic E-state index is -0.599. The van der Waals surface area contributed by atoms with Crippen molar-refractivity contribution in [2.75, 3.05) is 6.61 Å². The van der Waals surface area contributed by atoms with Crippen LogP contribution in [0, 0.1) is 5.92 Å². The number of amides is 3. The second-order valence-corrected chi connectivity index (χ2v) is 6.06. The van der Waals surface area contributed by atoms with Crippen molar-refractivity contribution in [3.05, 3.63) is 29.8 Å². The second-order valence-electron chi connectivity index (χ2n) is 6.06. The quantitative estimate of drug-likeness (QED) is 0.572. The van der Waals surface area contributed by atoms with Gasteiger partial charge in [-0.2, -0.15) is 0 Å². The lowest BCUT2D eigenvalue weighted by Crippen LogP contribution is -2.22. The third-order valence-electron chi connectivity index (χ3n) is 3.68. The van der Waals surface area contributed by atoms with Crippen molar-refractivity contribution in [1.82, 2.24) is 10.6 Å². The number of urea groups is 1. The molecule has 1 aromatic rings. The molecule has 1 atom stereocenters. The second kappa shape index (κ2) is 7.82. The molecule has 1 saturated heterocycles. The highest BCUT2D eigenvalue weighted by molar-refractivity contribution is 6.04. The molecule has 0 spiro atoms. The summed E-state index contributed by atoms with van der Waals surface area (Å²) in [6.07, 6.45) is 4.75. The first-order valence-electron chi connectivity index (χ1n) is 7.90. The zero-order valence-electron chi connectivity index (χ0n) is 13.2. The summed E-state index contributed by atoms with van der Waals surface area (Å²) in [5.74, 6) is 1.24. The minimum Gasteiger partial charge on any atom is -0.494 e. The van der Waals surface area contributed by atoms with Crippen molar-refractivity contribution in [1.29, 1.82) is 0 Å². The highest BCUT2D eigenvalue weighted by atomic mass is 16.5. The fraction of sp³-hybridized carbons (Fsp3) is 0.529. The summed E-state index contributed by atoms with van der Waals surface area (Å²) in [6, 6.07) is 6.24. The molecule has 3 amide bonds. The summed E-state index contributed by atoms with van der Waals surface area (Å²) in [5, 5.41) is 4.80. The van der Waals surface area contributed by atoms with Gasteiger partial charge in [-0.25, -0.2) is 4.79 Å². The van der Waals surface area contributed by atoms with E-state index in [1.165, 1.54) is 19.3 Å². The van der Waals surface area contributed by atoms with Crippen LogP contribution in [0.1, 0.15) is 51.1 Å². The molecule has 22 heavy (non-hydrogen) atoms. The lowest BCUT2D eigenvalue weighted by Gasteiger charge is -2.10. The van der Waals surface area contributed by atoms with Crippen molar-refractivity contribution < 1.29 is 14.3 Å². The third-order valence-corrected chi connectivity index (χ3v) is 3.68. The van der Waals surface area contributed by atoms with E-state index in [1.54, 1.807) is 0 Å².